The number of likely N-dealkylation sites (tertiary alicyclic amines) is 1. The fourth-order valence-corrected chi connectivity index (χ4v) is 2.43. The fourth-order valence-electron chi connectivity index (χ4n) is 2.43. The lowest BCUT2D eigenvalue weighted by molar-refractivity contribution is -0.136. The summed E-state index contributed by atoms with van der Waals surface area (Å²) in [4.78, 5) is 16.5. The Bertz CT molecular complexity index is 245. The Kier molecular flexibility index (Phi) is 5.92. The van der Waals surface area contributed by atoms with Crippen LogP contribution in [0, 0.1) is 5.92 Å². The van der Waals surface area contributed by atoms with Gasteiger partial charge in [0.15, 0.2) is 0 Å². The quantitative estimate of drug-likeness (QED) is 0.773. The van der Waals surface area contributed by atoms with E-state index in [4.69, 9.17) is 0 Å². The molecule has 1 amide bonds. The molecule has 1 rings (SSSR count). The normalized spacial score (nSPS) is 23.4. The zero-order valence-electron chi connectivity index (χ0n) is 11.7. The molecule has 4 heteroatoms. The van der Waals surface area contributed by atoms with Crippen molar-refractivity contribution >= 4 is 5.91 Å². The van der Waals surface area contributed by atoms with Gasteiger partial charge in [0.2, 0.25) is 5.91 Å². The highest BCUT2D eigenvalue weighted by Gasteiger charge is 2.26. The molecular weight excluding hydrogens is 214 g/mol. The van der Waals surface area contributed by atoms with Gasteiger partial charge < -0.3 is 15.1 Å². The molecule has 0 radical (unpaired) electrons. The van der Waals surface area contributed by atoms with Gasteiger partial charge in [-0.15, -0.1) is 0 Å². The van der Waals surface area contributed by atoms with Gasteiger partial charge in [0, 0.05) is 32.1 Å². The van der Waals surface area contributed by atoms with Crippen LogP contribution >= 0.6 is 0 Å². The maximum atomic E-state index is 12.2. The van der Waals surface area contributed by atoms with Gasteiger partial charge in [-0.05, 0) is 33.0 Å². The number of rotatable bonds is 5. The van der Waals surface area contributed by atoms with Crippen molar-refractivity contribution in [2.75, 3.05) is 40.3 Å². The number of likely N-dealkylation sites (N-methyl/N-ethyl adjacent to an activating group) is 2. The van der Waals surface area contributed by atoms with Crippen molar-refractivity contribution in [2.24, 2.45) is 5.92 Å². The van der Waals surface area contributed by atoms with Crippen molar-refractivity contribution in [2.45, 2.75) is 32.7 Å². The molecule has 2 atom stereocenters. The Morgan fingerprint density at radius 3 is 2.88 bits per heavy atom. The molecule has 1 aliphatic rings. The summed E-state index contributed by atoms with van der Waals surface area (Å²) >= 11 is 0. The maximum absolute atomic E-state index is 12.2. The molecule has 0 aromatic heterocycles. The average Bonchev–Trinajstić information content (AvgIpc) is 2.34. The van der Waals surface area contributed by atoms with Crippen molar-refractivity contribution in [3.8, 4) is 0 Å². The summed E-state index contributed by atoms with van der Waals surface area (Å²) < 4.78 is 0. The predicted octanol–water partition coefficient (Wildman–Crippen LogP) is 0.785. The van der Waals surface area contributed by atoms with E-state index >= 15 is 0 Å². The molecule has 17 heavy (non-hydrogen) atoms. The number of carbonyl (C=O) groups is 1. The molecular formula is C13H27N3O. The van der Waals surface area contributed by atoms with Crippen LogP contribution in [-0.4, -0.2) is 62.0 Å². The van der Waals surface area contributed by atoms with Crippen LogP contribution in [0.25, 0.3) is 0 Å². The summed E-state index contributed by atoms with van der Waals surface area (Å²) in [6, 6.07) is 0.394. The standard InChI is InChI=1S/C13H27N3O/c1-5-14-9-11(2)13(17)16(4)12-7-6-8-15(3)10-12/h11-12,14H,5-10H2,1-4H3. The van der Waals surface area contributed by atoms with Crippen molar-refractivity contribution in [3.63, 3.8) is 0 Å². The van der Waals surface area contributed by atoms with Crippen LogP contribution in [0.1, 0.15) is 26.7 Å². The van der Waals surface area contributed by atoms with E-state index in [1.54, 1.807) is 0 Å². The van der Waals surface area contributed by atoms with Crippen LogP contribution in [0.3, 0.4) is 0 Å². The van der Waals surface area contributed by atoms with E-state index in [1.165, 1.54) is 6.42 Å². The molecule has 4 nitrogen and oxygen atoms in total. The van der Waals surface area contributed by atoms with Crippen LogP contribution < -0.4 is 5.32 Å². The first-order valence-corrected chi connectivity index (χ1v) is 6.72. The summed E-state index contributed by atoms with van der Waals surface area (Å²) in [5, 5.41) is 3.24. The molecule has 1 N–H and O–H groups in total. The zero-order valence-corrected chi connectivity index (χ0v) is 11.7. The van der Waals surface area contributed by atoms with Gasteiger partial charge in [0.05, 0.1) is 0 Å². The predicted molar refractivity (Wildman–Crippen MR) is 71.0 cm³/mol. The van der Waals surface area contributed by atoms with E-state index in [-0.39, 0.29) is 11.8 Å². The van der Waals surface area contributed by atoms with Crippen LogP contribution in [-0.2, 0) is 4.79 Å². The molecule has 0 aliphatic carbocycles. The molecule has 0 aromatic rings. The number of nitrogens with one attached hydrogen (secondary N) is 1. The van der Waals surface area contributed by atoms with Gasteiger partial charge >= 0.3 is 0 Å². The van der Waals surface area contributed by atoms with Crippen molar-refractivity contribution in [1.29, 1.82) is 0 Å². The fraction of sp³-hybridized carbons (Fsp3) is 0.923. The van der Waals surface area contributed by atoms with Crippen molar-refractivity contribution in [1.82, 2.24) is 15.1 Å². The van der Waals surface area contributed by atoms with Crippen molar-refractivity contribution < 1.29 is 4.79 Å². The second-order valence-corrected chi connectivity index (χ2v) is 5.22. The van der Waals surface area contributed by atoms with Gasteiger partial charge in [-0.2, -0.15) is 0 Å². The molecule has 1 heterocycles. The van der Waals surface area contributed by atoms with Gasteiger partial charge in [0.1, 0.15) is 0 Å². The highest BCUT2D eigenvalue weighted by atomic mass is 16.2. The van der Waals surface area contributed by atoms with Gasteiger partial charge in [0.25, 0.3) is 0 Å². The first-order valence-electron chi connectivity index (χ1n) is 6.72. The molecule has 100 valence electrons. The molecule has 0 bridgehead atoms. The largest absolute Gasteiger partial charge is 0.341 e. The topological polar surface area (TPSA) is 35.6 Å². The lowest BCUT2D eigenvalue weighted by Crippen LogP contribution is -2.49. The molecule has 1 fully saturated rings. The summed E-state index contributed by atoms with van der Waals surface area (Å²) in [7, 11) is 4.08. The Hall–Kier alpha value is -0.610. The lowest BCUT2D eigenvalue weighted by Gasteiger charge is -2.37. The third kappa shape index (κ3) is 4.28. The van der Waals surface area contributed by atoms with Gasteiger partial charge in [-0.1, -0.05) is 13.8 Å². The second kappa shape index (κ2) is 6.97. The molecule has 0 spiro atoms. The molecule has 1 aliphatic heterocycles. The number of hydrogen-bond donors (Lipinski definition) is 1. The van der Waals surface area contributed by atoms with E-state index in [0.717, 1.165) is 32.6 Å². The zero-order chi connectivity index (χ0) is 12.8. The highest BCUT2D eigenvalue weighted by Crippen LogP contribution is 2.15. The third-order valence-electron chi connectivity index (χ3n) is 3.62. The molecule has 1 saturated heterocycles. The Labute approximate surface area is 105 Å². The minimum absolute atomic E-state index is 0.0761. The highest BCUT2D eigenvalue weighted by molar-refractivity contribution is 5.78. The summed E-state index contributed by atoms with van der Waals surface area (Å²) in [6.07, 6.45) is 2.33. The van der Waals surface area contributed by atoms with E-state index in [2.05, 4.69) is 24.2 Å². The monoisotopic (exact) mass is 241 g/mol. The number of carbonyl (C=O) groups excluding carboxylic acids is 1. The molecule has 0 saturated carbocycles. The van der Waals surface area contributed by atoms with Gasteiger partial charge in [-0.25, -0.2) is 0 Å². The first kappa shape index (κ1) is 14.5. The van der Waals surface area contributed by atoms with Crippen LogP contribution in [0.2, 0.25) is 0 Å². The van der Waals surface area contributed by atoms with E-state index in [9.17, 15) is 4.79 Å². The Balaban J connectivity index is 2.44. The summed E-state index contributed by atoms with van der Waals surface area (Å²) in [5.74, 6) is 0.346. The van der Waals surface area contributed by atoms with Crippen LogP contribution in [0.4, 0.5) is 0 Å². The number of nitrogens with zero attached hydrogens (tertiary/aromatic N) is 2. The van der Waals surface area contributed by atoms with Crippen LogP contribution in [0.5, 0.6) is 0 Å². The molecule has 2 unspecified atom stereocenters. The van der Waals surface area contributed by atoms with E-state index < -0.39 is 0 Å². The summed E-state index contributed by atoms with van der Waals surface area (Å²) in [6.45, 7) is 7.95. The van der Waals surface area contributed by atoms with Crippen LogP contribution in [0.15, 0.2) is 0 Å². The van der Waals surface area contributed by atoms with E-state index in [1.807, 2.05) is 18.9 Å². The van der Waals surface area contributed by atoms with Crippen molar-refractivity contribution in [3.05, 3.63) is 0 Å². The van der Waals surface area contributed by atoms with Gasteiger partial charge in [-0.3, -0.25) is 4.79 Å². The number of amides is 1. The Morgan fingerprint density at radius 2 is 2.29 bits per heavy atom. The second-order valence-electron chi connectivity index (χ2n) is 5.22. The third-order valence-corrected chi connectivity index (χ3v) is 3.62. The smallest absolute Gasteiger partial charge is 0.226 e. The summed E-state index contributed by atoms with van der Waals surface area (Å²) in [5.41, 5.74) is 0. The Morgan fingerprint density at radius 1 is 1.59 bits per heavy atom. The number of piperidine rings is 1. The minimum atomic E-state index is 0.0761. The maximum Gasteiger partial charge on any atom is 0.226 e. The first-order chi connectivity index (χ1) is 8.06. The SMILES string of the molecule is CCNCC(C)C(=O)N(C)C1CCCN(C)C1. The average molecular weight is 241 g/mol. The minimum Gasteiger partial charge on any atom is -0.341 e. The number of hydrogen-bond acceptors (Lipinski definition) is 3. The van der Waals surface area contributed by atoms with E-state index in [0.29, 0.717) is 6.04 Å². The molecule has 0 aromatic carbocycles. The lowest BCUT2D eigenvalue weighted by atomic mass is 10.0.